The zero-order valence-electron chi connectivity index (χ0n) is 11.3. The first-order valence-electron chi connectivity index (χ1n) is 6.92. The summed E-state index contributed by atoms with van der Waals surface area (Å²) in [7, 11) is 1.76. The molecule has 1 aliphatic rings. The van der Waals surface area contributed by atoms with Gasteiger partial charge in [0.05, 0.1) is 6.61 Å². The van der Waals surface area contributed by atoms with Crippen LogP contribution in [0.2, 0.25) is 0 Å². The molecule has 1 N–H and O–H groups in total. The molecule has 17 heavy (non-hydrogen) atoms. The number of ether oxygens (including phenoxy) is 1. The van der Waals surface area contributed by atoms with Gasteiger partial charge >= 0.3 is 0 Å². The van der Waals surface area contributed by atoms with E-state index in [1.807, 2.05) is 6.08 Å². The van der Waals surface area contributed by atoms with Gasteiger partial charge in [0.1, 0.15) is 0 Å². The molecular weight excluding hydrogens is 212 g/mol. The lowest BCUT2D eigenvalue weighted by Gasteiger charge is -2.25. The van der Waals surface area contributed by atoms with E-state index in [1.54, 1.807) is 7.11 Å². The van der Waals surface area contributed by atoms with Crippen molar-refractivity contribution in [2.45, 2.75) is 38.1 Å². The van der Waals surface area contributed by atoms with Gasteiger partial charge < -0.3 is 10.1 Å². The molecule has 1 fully saturated rings. The Morgan fingerprint density at radius 1 is 1.41 bits per heavy atom. The minimum absolute atomic E-state index is 0.761. The molecule has 0 aliphatic carbocycles. The van der Waals surface area contributed by atoms with Crippen LogP contribution in [0.4, 0.5) is 0 Å². The Kier molecular flexibility index (Phi) is 8.32. The summed E-state index contributed by atoms with van der Waals surface area (Å²) in [6.07, 6.45) is 8.68. The third kappa shape index (κ3) is 6.81. The summed E-state index contributed by atoms with van der Waals surface area (Å²) in [5, 5.41) is 3.60. The van der Waals surface area contributed by atoms with Crippen LogP contribution in [0.3, 0.4) is 0 Å². The average molecular weight is 240 g/mol. The third-order valence-corrected chi connectivity index (χ3v) is 3.44. The van der Waals surface area contributed by atoms with Gasteiger partial charge in [-0.15, -0.1) is 6.58 Å². The van der Waals surface area contributed by atoms with E-state index < -0.39 is 0 Å². The standard InChI is InChI=1S/C14H28N2O/c1-3-10-16(12-13-17-2)11-6-8-14-7-4-5-9-15-14/h3,14-15H,1,4-13H2,2H3. The molecule has 0 radical (unpaired) electrons. The molecular formula is C14H28N2O. The van der Waals surface area contributed by atoms with E-state index in [-0.39, 0.29) is 0 Å². The fourth-order valence-electron chi connectivity index (χ4n) is 2.43. The van der Waals surface area contributed by atoms with E-state index in [0.717, 1.165) is 32.3 Å². The first-order chi connectivity index (χ1) is 8.36. The highest BCUT2D eigenvalue weighted by Crippen LogP contribution is 2.12. The molecule has 0 aromatic rings. The summed E-state index contributed by atoms with van der Waals surface area (Å²) in [5.74, 6) is 0. The summed E-state index contributed by atoms with van der Waals surface area (Å²) >= 11 is 0. The van der Waals surface area contributed by atoms with Crippen LogP contribution in [-0.4, -0.2) is 50.8 Å². The fourth-order valence-corrected chi connectivity index (χ4v) is 2.43. The maximum Gasteiger partial charge on any atom is 0.0589 e. The smallest absolute Gasteiger partial charge is 0.0589 e. The fraction of sp³-hybridized carbons (Fsp3) is 0.857. The van der Waals surface area contributed by atoms with Crippen LogP contribution in [0.5, 0.6) is 0 Å². The minimum atomic E-state index is 0.761. The van der Waals surface area contributed by atoms with Crippen LogP contribution in [0, 0.1) is 0 Å². The molecule has 1 unspecified atom stereocenters. The first kappa shape index (κ1) is 14.7. The molecule has 0 saturated carbocycles. The number of hydrogen-bond donors (Lipinski definition) is 1. The van der Waals surface area contributed by atoms with E-state index in [1.165, 1.54) is 38.6 Å². The van der Waals surface area contributed by atoms with E-state index in [2.05, 4.69) is 16.8 Å². The van der Waals surface area contributed by atoms with Gasteiger partial charge in [0.25, 0.3) is 0 Å². The van der Waals surface area contributed by atoms with E-state index in [4.69, 9.17) is 4.74 Å². The molecule has 0 aromatic heterocycles. The highest BCUT2D eigenvalue weighted by atomic mass is 16.5. The van der Waals surface area contributed by atoms with E-state index in [0.29, 0.717) is 0 Å². The number of rotatable bonds is 9. The van der Waals surface area contributed by atoms with Crippen LogP contribution < -0.4 is 5.32 Å². The van der Waals surface area contributed by atoms with E-state index >= 15 is 0 Å². The molecule has 100 valence electrons. The Labute approximate surface area is 106 Å². The zero-order chi connectivity index (χ0) is 12.3. The summed E-state index contributed by atoms with van der Waals surface area (Å²) in [5.41, 5.74) is 0. The van der Waals surface area contributed by atoms with Crippen molar-refractivity contribution in [1.82, 2.24) is 10.2 Å². The van der Waals surface area contributed by atoms with Crippen LogP contribution in [-0.2, 0) is 4.74 Å². The SMILES string of the molecule is C=CCN(CCCC1CCCCN1)CCOC. The van der Waals surface area contributed by atoms with Gasteiger partial charge in [-0.05, 0) is 38.8 Å². The Balaban J connectivity index is 2.09. The van der Waals surface area contributed by atoms with Gasteiger partial charge in [0.15, 0.2) is 0 Å². The first-order valence-corrected chi connectivity index (χ1v) is 6.92. The minimum Gasteiger partial charge on any atom is -0.383 e. The predicted molar refractivity (Wildman–Crippen MR) is 73.4 cm³/mol. The second-order valence-electron chi connectivity index (χ2n) is 4.87. The van der Waals surface area contributed by atoms with Gasteiger partial charge in [-0.3, -0.25) is 4.90 Å². The van der Waals surface area contributed by atoms with E-state index in [9.17, 15) is 0 Å². The van der Waals surface area contributed by atoms with Crippen molar-refractivity contribution < 1.29 is 4.74 Å². The second kappa shape index (κ2) is 9.63. The number of hydrogen-bond acceptors (Lipinski definition) is 3. The molecule has 1 saturated heterocycles. The van der Waals surface area contributed by atoms with Gasteiger partial charge in [0.2, 0.25) is 0 Å². The molecule has 1 atom stereocenters. The lowest BCUT2D eigenvalue weighted by Crippen LogP contribution is -2.35. The Morgan fingerprint density at radius 3 is 2.94 bits per heavy atom. The normalized spacial score (nSPS) is 20.7. The van der Waals surface area contributed by atoms with Crippen molar-refractivity contribution in [3.05, 3.63) is 12.7 Å². The lowest BCUT2D eigenvalue weighted by molar-refractivity contribution is 0.152. The van der Waals surface area contributed by atoms with Crippen molar-refractivity contribution in [3.8, 4) is 0 Å². The van der Waals surface area contributed by atoms with Crippen molar-refractivity contribution in [1.29, 1.82) is 0 Å². The average Bonchev–Trinajstić information content (AvgIpc) is 2.37. The molecule has 0 spiro atoms. The summed E-state index contributed by atoms with van der Waals surface area (Å²) in [4.78, 5) is 2.42. The van der Waals surface area contributed by atoms with Gasteiger partial charge in [0, 0.05) is 26.2 Å². The second-order valence-corrected chi connectivity index (χ2v) is 4.87. The Morgan fingerprint density at radius 2 is 2.29 bits per heavy atom. The van der Waals surface area contributed by atoms with Crippen LogP contribution >= 0.6 is 0 Å². The molecule has 0 aromatic carbocycles. The summed E-state index contributed by atoms with van der Waals surface area (Å²) < 4.78 is 5.13. The number of methoxy groups -OCH3 is 1. The molecule has 1 heterocycles. The molecule has 1 aliphatic heterocycles. The number of piperidine rings is 1. The highest BCUT2D eigenvalue weighted by molar-refractivity contribution is 4.76. The zero-order valence-corrected chi connectivity index (χ0v) is 11.3. The van der Waals surface area contributed by atoms with Crippen LogP contribution in [0.15, 0.2) is 12.7 Å². The van der Waals surface area contributed by atoms with Gasteiger partial charge in [-0.2, -0.15) is 0 Å². The van der Waals surface area contributed by atoms with Gasteiger partial charge in [-0.1, -0.05) is 12.5 Å². The predicted octanol–water partition coefficient (Wildman–Crippen LogP) is 2.04. The van der Waals surface area contributed by atoms with Crippen LogP contribution in [0.25, 0.3) is 0 Å². The molecule has 0 amide bonds. The number of nitrogens with zero attached hydrogens (tertiary/aromatic N) is 1. The summed E-state index contributed by atoms with van der Waals surface area (Å²) in [6, 6.07) is 0.761. The van der Waals surface area contributed by atoms with Crippen molar-refractivity contribution in [2.75, 3.05) is 39.9 Å². The van der Waals surface area contributed by atoms with Crippen molar-refractivity contribution >= 4 is 0 Å². The van der Waals surface area contributed by atoms with Crippen molar-refractivity contribution in [2.24, 2.45) is 0 Å². The third-order valence-electron chi connectivity index (χ3n) is 3.44. The highest BCUT2D eigenvalue weighted by Gasteiger charge is 2.12. The summed E-state index contributed by atoms with van der Waals surface area (Å²) in [6.45, 7) is 8.99. The van der Waals surface area contributed by atoms with Gasteiger partial charge in [-0.25, -0.2) is 0 Å². The molecule has 0 bridgehead atoms. The Hall–Kier alpha value is -0.380. The maximum atomic E-state index is 5.13. The topological polar surface area (TPSA) is 24.5 Å². The number of nitrogens with one attached hydrogen (secondary N) is 1. The Bertz CT molecular complexity index is 191. The van der Waals surface area contributed by atoms with Crippen LogP contribution in [0.1, 0.15) is 32.1 Å². The lowest BCUT2D eigenvalue weighted by atomic mass is 10.0. The maximum absolute atomic E-state index is 5.13. The molecule has 3 heteroatoms. The molecule has 3 nitrogen and oxygen atoms in total. The largest absolute Gasteiger partial charge is 0.383 e. The molecule has 1 rings (SSSR count). The monoisotopic (exact) mass is 240 g/mol. The quantitative estimate of drug-likeness (QED) is 0.624. The van der Waals surface area contributed by atoms with Crippen molar-refractivity contribution in [3.63, 3.8) is 0 Å².